The van der Waals surface area contributed by atoms with Gasteiger partial charge in [-0.25, -0.2) is 0 Å². The molecule has 0 N–H and O–H groups in total. The first-order valence-electron chi connectivity index (χ1n) is 13.8. The van der Waals surface area contributed by atoms with Gasteiger partial charge in [0.2, 0.25) is 0 Å². The SMILES string of the molecule is N#Cc1cccc(-c2cccc(-n3c4ccccc4c4ccc(-n5c6ccccc6c6cc(C#N)ccc65)cc43)c2)c1. The first-order valence-corrected chi connectivity index (χ1v) is 13.8. The molecule has 0 saturated heterocycles. The predicted molar refractivity (Wildman–Crippen MR) is 170 cm³/mol. The van der Waals surface area contributed by atoms with Crippen LogP contribution in [0, 0.1) is 22.7 Å². The van der Waals surface area contributed by atoms with Gasteiger partial charge in [0.15, 0.2) is 0 Å². The normalized spacial score (nSPS) is 11.3. The standard InChI is InChI=1S/C38H22N4/c39-23-25-7-5-8-27(19-25)28-9-6-10-29(21-28)42-35-13-3-1-11-31(35)33-17-16-30(22-38(33)42)41-36-14-4-2-12-32(36)34-20-26(24-40)15-18-37(34)41/h1-22H. The fraction of sp³-hybridized carbons (Fsp3) is 0. The number of fused-ring (bicyclic) bond motifs is 6. The number of nitriles is 2. The highest BCUT2D eigenvalue weighted by molar-refractivity contribution is 6.12. The Balaban J connectivity index is 1.40. The van der Waals surface area contributed by atoms with Crippen LogP contribution in [0.25, 0.3) is 66.1 Å². The van der Waals surface area contributed by atoms with Crippen LogP contribution in [0.4, 0.5) is 0 Å². The van der Waals surface area contributed by atoms with Gasteiger partial charge >= 0.3 is 0 Å². The lowest BCUT2D eigenvalue weighted by atomic mass is 10.0. The van der Waals surface area contributed by atoms with E-state index in [1.54, 1.807) is 0 Å². The molecule has 2 heterocycles. The summed E-state index contributed by atoms with van der Waals surface area (Å²) >= 11 is 0. The largest absolute Gasteiger partial charge is 0.309 e. The van der Waals surface area contributed by atoms with E-state index in [-0.39, 0.29) is 0 Å². The summed E-state index contributed by atoms with van der Waals surface area (Å²) in [5.41, 5.74) is 9.89. The summed E-state index contributed by atoms with van der Waals surface area (Å²) in [6, 6.07) is 50.3. The Hall–Kier alpha value is -6.10. The van der Waals surface area contributed by atoms with Crippen molar-refractivity contribution in [3.05, 3.63) is 145 Å². The molecule has 0 aliphatic heterocycles. The van der Waals surface area contributed by atoms with Gasteiger partial charge in [-0.3, -0.25) is 0 Å². The number of hydrogen-bond donors (Lipinski definition) is 0. The number of aromatic nitrogens is 2. The van der Waals surface area contributed by atoms with Crippen molar-refractivity contribution >= 4 is 43.6 Å². The predicted octanol–water partition coefficient (Wildman–Crippen LogP) is 9.29. The molecule has 8 aromatic rings. The number of hydrogen-bond acceptors (Lipinski definition) is 2. The Bertz CT molecular complexity index is 2440. The molecule has 0 aliphatic carbocycles. The number of benzene rings is 6. The van der Waals surface area contributed by atoms with Crippen molar-refractivity contribution in [1.29, 1.82) is 10.5 Å². The molecule has 0 amide bonds. The first-order chi connectivity index (χ1) is 20.7. The van der Waals surface area contributed by atoms with Gasteiger partial charge in [0.05, 0.1) is 45.3 Å². The highest BCUT2D eigenvalue weighted by Crippen LogP contribution is 2.37. The molecule has 42 heavy (non-hydrogen) atoms. The molecule has 4 heteroatoms. The summed E-state index contributed by atoms with van der Waals surface area (Å²) in [6.45, 7) is 0. The third-order valence-corrected chi connectivity index (χ3v) is 8.15. The lowest BCUT2D eigenvalue weighted by Gasteiger charge is -2.12. The molecule has 0 atom stereocenters. The molecule has 0 unspecified atom stereocenters. The van der Waals surface area contributed by atoms with Crippen molar-refractivity contribution in [2.75, 3.05) is 0 Å². The number of nitrogens with zero attached hydrogens (tertiary/aromatic N) is 4. The molecule has 4 nitrogen and oxygen atoms in total. The summed E-state index contributed by atoms with van der Waals surface area (Å²) in [6.07, 6.45) is 0. The molecular weight excluding hydrogens is 512 g/mol. The summed E-state index contributed by atoms with van der Waals surface area (Å²) in [5.74, 6) is 0. The van der Waals surface area contributed by atoms with Gasteiger partial charge in [0.25, 0.3) is 0 Å². The summed E-state index contributed by atoms with van der Waals surface area (Å²) < 4.78 is 4.62. The van der Waals surface area contributed by atoms with E-state index < -0.39 is 0 Å². The fourth-order valence-electron chi connectivity index (χ4n) is 6.29. The van der Waals surface area contributed by atoms with Crippen LogP contribution in [0.1, 0.15) is 11.1 Å². The van der Waals surface area contributed by atoms with E-state index in [0.717, 1.165) is 55.3 Å². The van der Waals surface area contributed by atoms with Crippen LogP contribution in [0.3, 0.4) is 0 Å². The van der Waals surface area contributed by atoms with Crippen LogP contribution in [-0.2, 0) is 0 Å². The summed E-state index contributed by atoms with van der Waals surface area (Å²) in [5, 5.41) is 23.6. The molecule has 6 aromatic carbocycles. The van der Waals surface area contributed by atoms with Crippen molar-refractivity contribution < 1.29 is 0 Å². The molecule has 2 aromatic heterocycles. The molecule has 0 saturated carbocycles. The van der Waals surface area contributed by atoms with Crippen LogP contribution in [0.15, 0.2) is 133 Å². The molecule has 0 aliphatic rings. The lowest BCUT2D eigenvalue weighted by molar-refractivity contribution is 1.15. The van der Waals surface area contributed by atoms with Crippen molar-refractivity contribution in [3.8, 4) is 34.6 Å². The minimum Gasteiger partial charge on any atom is -0.309 e. The van der Waals surface area contributed by atoms with E-state index in [1.807, 2.05) is 48.5 Å². The molecular formula is C38H22N4. The Morgan fingerprint density at radius 2 is 0.952 bits per heavy atom. The van der Waals surface area contributed by atoms with Crippen LogP contribution < -0.4 is 0 Å². The maximum atomic E-state index is 9.56. The zero-order valence-corrected chi connectivity index (χ0v) is 22.5. The van der Waals surface area contributed by atoms with Gasteiger partial charge in [0.1, 0.15) is 0 Å². The second-order valence-electron chi connectivity index (χ2n) is 10.5. The van der Waals surface area contributed by atoms with E-state index in [4.69, 9.17) is 0 Å². The zero-order chi connectivity index (χ0) is 28.2. The second-order valence-corrected chi connectivity index (χ2v) is 10.5. The van der Waals surface area contributed by atoms with Crippen LogP contribution in [0.2, 0.25) is 0 Å². The summed E-state index contributed by atoms with van der Waals surface area (Å²) in [4.78, 5) is 0. The van der Waals surface area contributed by atoms with Gasteiger partial charge < -0.3 is 9.13 Å². The average molecular weight is 535 g/mol. The molecule has 0 radical (unpaired) electrons. The Morgan fingerprint density at radius 1 is 0.381 bits per heavy atom. The lowest BCUT2D eigenvalue weighted by Crippen LogP contribution is -1.97. The molecule has 194 valence electrons. The van der Waals surface area contributed by atoms with E-state index >= 15 is 0 Å². The maximum absolute atomic E-state index is 9.56. The van der Waals surface area contributed by atoms with Gasteiger partial charge in [0, 0.05) is 32.9 Å². The summed E-state index contributed by atoms with van der Waals surface area (Å²) in [7, 11) is 0. The topological polar surface area (TPSA) is 57.4 Å². The van der Waals surface area contributed by atoms with E-state index in [9.17, 15) is 10.5 Å². The highest BCUT2D eigenvalue weighted by Gasteiger charge is 2.17. The Kier molecular flexibility index (Phi) is 5.22. The quantitative estimate of drug-likeness (QED) is 0.227. The van der Waals surface area contributed by atoms with Crippen molar-refractivity contribution in [3.63, 3.8) is 0 Å². The number of para-hydroxylation sites is 2. The van der Waals surface area contributed by atoms with E-state index in [1.165, 1.54) is 10.8 Å². The van der Waals surface area contributed by atoms with Gasteiger partial charge in [-0.05, 0) is 77.9 Å². The zero-order valence-electron chi connectivity index (χ0n) is 22.5. The van der Waals surface area contributed by atoms with Gasteiger partial charge in [-0.2, -0.15) is 10.5 Å². The van der Waals surface area contributed by atoms with Crippen molar-refractivity contribution in [2.24, 2.45) is 0 Å². The van der Waals surface area contributed by atoms with Gasteiger partial charge in [-0.1, -0.05) is 66.7 Å². The smallest absolute Gasteiger partial charge is 0.0991 e. The van der Waals surface area contributed by atoms with Crippen LogP contribution in [-0.4, -0.2) is 9.13 Å². The maximum Gasteiger partial charge on any atom is 0.0991 e. The third kappa shape index (κ3) is 3.53. The fourth-order valence-corrected chi connectivity index (χ4v) is 6.29. The van der Waals surface area contributed by atoms with E-state index in [2.05, 4.69) is 106 Å². The van der Waals surface area contributed by atoms with E-state index in [0.29, 0.717) is 11.1 Å². The average Bonchev–Trinajstić information content (AvgIpc) is 3.57. The van der Waals surface area contributed by atoms with Gasteiger partial charge in [-0.15, -0.1) is 0 Å². The minimum absolute atomic E-state index is 0.646. The van der Waals surface area contributed by atoms with Crippen molar-refractivity contribution in [1.82, 2.24) is 9.13 Å². The minimum atomic E-state index is 0.646. The molecule has 0 spiro atoms. The molecule has 8 rings (SSSR count). The highest BCUT2D eigenvalue weighted by atomic mass is 15.0. The Labute approximate surface area is 242 Å². The third-order valence-electron chi connectivity index (χ3n) is 8.15. The van der Waals surface area contributed by atoms with Crippen LogP contribution in [0.5, 0.6) is 0 Å². The second kappa shape index (κ2) is 9.24. The monoisotopic (exact) mass is 534 g/mol. The first kappa shape index (κ1) is 23.8. The Morgan fingerprint density at radius 3 is 1.71 bits per heavy atom. The van der Waals surface area contributed by atoms with Crippen LogP contribution >= 0.6 is 0 Å². The molecule has 0 bridgehead atoms. The van der Waals surface area contributed by atoms with Crippen molar-refractivity contribution in [2.45, 2.75) is 0 Å². The molecule has 0 fully saturated rings. The number of rotatable bonds is 3.